The van der Waals surface area contributed by atoms with E-state index >= 15 is 0 Å². The van der Waals surface area contributed by atoms with Gasteiger partial charge in [0.05, 0.1) is 5.54 Å². The molecule has 0 amide bonds. The van der Waals surface area contributed by atoms with Crippen LogP contribution in [0.3, 0.4) is 0 Å². The van der Waals surface area contributed by atoms with Crippen LogP contribution < -0.4 is 4.90 Å². The highest BCUT2D eigenvalue weighted by Crippen LogP contribution is 2.61. The van der Waals surface area contributed by atoms with Gasteiger partial charge in [-0.2, -0.15) is 0 Å². The topological polar surface area (TPSA) is 12.5 Å². The van der Waals surface area contributed by atoms with Crippen molar-refractivity contribution in [3.8, 4) is 22.3 Å². The first kappa shape index (κ1) is 22.8. The third-order valence-corrected chi connectivity index (χ3v) is 9.76. The van der Waals surface area contributed by atoms with E-state index in [2.05, 4.69) is 117 Å². The number of anilines is 2. The van der Waals surface area contributed by atoms with E-state index in [1.54, 1.807) is 0 Å². The van der Waals surface area contributed by atoms with Crippen molar-refractivity contribution < 1.29 is 4.74 Å². The lowest BCUT2D eigenvalue weighted by Crippen LogP contribution is -2.57. The summed E-state index contributed by atoms with van der Waals surface area (Å²) in [5, 5.41) is 0. The third-order valence-electron chi connectivity index (χ3n) is 9.76. The van der Waals surface area contributed by atoms with E-state index in [-0.39, 0.29) is 16.6 Å². The highest BCUT2D eigenvalue weighted by atomic mass is 16.5. The third kappa shape index (κ3) is 2.91. The molecule has 2 nitrogen and oxygen atoms in total. The zero-order chi connectivity index (χ0) is 25.4. The average Bonchev–Trinajstić information content (AvgIpc) is 3.31. The van der Waals surface area contributed by atoms with E-state index in [0.29, 0.717) is 0 Å². The highest BCUT2D eigenvalue weighted by Gasteiger charge is 2.61. The molecule has 3 aliphatic rings. The van der Waals surface area contributed by atoms with Crippen molar-refractivity contribution in [1.29, 1.82) is 0 Å². The van der Waals surface area contributed by atoms with Gasteiger partial charge in [-0.1, -0.05) is 87.4 Å². The minimum Gasteiger partial charge on any atom is -0.371 e. The molecule has 0 saturated heterocycles. The normalized spacial score (nSPS) is 24.8. The largest absolute Gasteiger partial charge is 0.371 e. The number of para-hydroxylation sites is 1. The fourth-order valence-electron chi connectivity index (χ4n) is 7.85. The molecule has 1 saturated carbocycles. The molecule has 37 heavy (non-hydrogen) atoms. The van der Waals surface area contributed by atoms with E-state index in [1.165, 1.54) is 63.2 Å². The summed E-state index contributed by atoms with van der Waals surface area (Å²) in [7, 11) is 1.92. The highest BCUT2D eigenvalue weighted by molar-refractivity contribution is 5.85. The molecule has 2 heteroatoms. The monoisotopic (exact) mass is 485 g/mol. The molecule has 1 fully saturated rings. The molecular formula is C35H35NO. The number of benzene rings is 4. The predicted octanol–water partition coefficient (Wildman–Crippen LogP) is 8.99. The minimum atomic E-state index is -0.321. The maximum Gasteiger partial charge on any atom is 0.118 e. The molecule has 2 atom stereocenters. The zero-order valence-electron chi connectivity index (χ0n) is 22.3. The Hall–Kier alpha value is -3.36. The Morgan fingerprint density at radius 1 is 0.649 bits per heavy atom. The van der Waals surface area contributed by atoms with Crippen LogP contribution in [0.5, 0.6) is 0 Å². The van der Waals surface area contributed by atoms with E-state index in [1.807, 2.05) is 7.11 Å². The molecule has 7 rings (SSSR count). The van der Waals surface area contributed by atoms with Crippen molar-refractivity contribution in [3.63, 3.8) is 0 Å². The predicted molar refractivity (Wildman–Crippen MR) is 154 cm³/mol. The van der Waals surface area contributed by atoms with Gasteiger partial charge in [-0.05, 0) is 83.5 Å². The van der Waals surface area contributed by atoms with Crippen LogP contribution in [0.4, 0.5) is 11.4 Å². The fraction of sp³-hybridized carbons (Fsp3) is 0.314. The van der Waals surface area contributed by atoms with Gasteiger partial charge in [0.15, 0.2) is 0 Å². The molecule has 2 aliphatic carbocycles. The van der Waals surface area contributed by atoms with Crippen LogP contribution in [-0.2, 0) is 15.8 Å². The molecule has 1 heterocycles. The fourth-order valence-corrected chi connectivity index (χ4v) is 7.85. The molecule has 1 aliphatic heterocycles. The molecule has 0 N–H and O–H groups in total. The van der Waals surface area contributed by atoms with Crippen LogP contribution >= 0.6 is 0 Å². The number of hydrogen-bond donors (Lipinski definition) is 0. The van der Waals surface area contributed by atoms with Crippen LogP contribution in [-0.4, -0.2) is 12.6 Å². The first-order chi connectivity index (χ1) is 17.9. The quantitative estimate of drug-likeness (QED) is 0.287. The molecule has 186 valence electrons. The van der Waals surface area contributed by atoms with E-state index in [9.17, 15) is 0 Å². The van der Waals surface area contributed by atoms with Gasteiger partial charge >= 0.3 is 0 Å². The minimum absolute atomic E-state index is 0.00152. The standard InChI is InChI=1S/C35H35NO/c1-33(2)29-15-9-8-14-27(29)28-18-16-24(22-30(28)33)25-17-19-32-31(23-25)35(37-4)21-11-10-20-34(35,3)36(32)26-12-6-5-7-13-26/h5-9,12-19,22-23H,10-11,20-21H2,1-4H3. The van der Waals surface area contributed by atoms with Crippen LogP contribution in [0.1, 0.15) is 63.1 Å². The number of nitrogens with zero attached hydrogens (tertiary/aromatic N) is 1. The second-order valence-corrected chi connectivity index (χ2v) is 11.8. The maximum absolute atomic E-state index is 6.58. The summed E-state index contributed by atoms with van der Waals surface area (Å²) in [5.41, 5.74) is 11.6. The molecule has 0 spiro atoms. The van der Waals surface area contributed by atoms with Gasteiger partial charge in [0.2, 0.25) is 0 Å². The van der Waals surface area contributed by atoms with E-state index < -0.39 is 0 Å². The Bertz CT molecular complexity index is 1520. The number of rotatable bonds is 3. The molecule has 2 unspecified atom stereocenters. The summed E-state index contributed by atoms with van der Waals surface area (Å²) in [4.78, 5) is 2.57. The summed E-state index contributed by atoms with van der Waals surface area (Å²) in [5.74, 6) is 0. The molecule has 4 aromatic carbocycles. The van der Waals surface area contributed by atoms with Crippen molar-refractivity contribution in [3.05, 3.63) is 108 Å². The summed E-state index contributed by atoms with van der Waals surface area (Å²) in [6, 6.07) is 33.9. The Morgan fingerprint density at radius 2 is 1.30 bits per heavy atom. The number of ether oxygens (including phenoxy) is 1. The van der Waals surface area contributed by atoms with Crippen molar-refractivity contribution in [1.82, 2.24) is 0 Å². The van der Waals surface area contributed by atoms with Crippen molar-refractivity contribution >= 4 is 11.4 Å². The smallest absolute Gasteiger partial charge is 0.118 e. The maximum atomic E-state index is 6.58. The van der Waals surface area contributed by atoms with Gasteiger partial charge in [0.1, 0.15) is 5.60 Å². The second-order valence-electron chi connectivity index (χ2n) is 11.8. The van der Waals surface area contributed by atoms with Crippen LogP contribution in [0.15, 0.2) is 91.0 Å². The molecule has 4 aromatic rings. The van der Waals surface area contributed by atoms with Gasteiger partial charge in [-0.3, -0.25) is 0 Å². The first-order valence-corrected chi connectivity index (χ1v) is 13.7. The number of fused-ring (bicyclic) bond motifs is 6. The SMILES string of the molecule is COC12CCCCC1(C)N(c1ccccc1)c1ccc(-c3ccc4c(c3)C(C)(C)c3ccccc3-4)cc12. The number of methoxy groups -OCH3 is 1. The summed E-state index contributed by atoms with van der Waals surface area (Å²) in [6.45, 7) is 7.13. The molecule has 0 aromatic heterocycles. The van der Waals surface area contributed by atoms with Crippen LogP contribution in [0, 0.1) is 0 Å². The summed E-state index contributed by atoms with van der Waals surface area (Å²) < 4.78 is 6.58. The Balaban J connectivity index is 1.40. The molecular weight excluding hydrogens is 450 g/mol. The lowest BCUT2D eigenvalue weighted by molar-refractivity contribution is -0.0871. The van der Waals surface area contributed by atoms with E-state index in [4.69, 9.17) is 4.74 Å². The van der Waals surface area contributed by atoms with Gasteiger partial charge in [0.25, 0.3) is 0 Å². The van der Waals surface area contributed by atoms with Crippen molar-refractivity contribution in [2.24, 2.45) is 0 Å². The van der Waals surface area contributed by atoms with Gasteiger partial charge in [-0.15, -0.1) is 0 Å². The lowest BCUT2D eigenvalue weighted by atomic mass is 9.68. The van der Waals surface area contributed by atoms with Gasteiger partial charge in [-0.25, -0.2) is 0 Å². The Kier molecular flexibility index (Phi) is 4.82. The average molecular weight is 486 g/mol. The van der Waals surface area contributed by atoms with E-state index in [0.717, 1.165) is 12.8 Å². The molecule has 0 bridgehead atoms. The second kappa shape index (κ2) is 7.82. The van der Waals surface area contributed by atoms with Gasteiger partial charge < -0.3 is 9.64 Å². The van der Waals surface area contributed by atoms with Crippen molar-refractivity contribution in [2.45, 2.75) is 63.0 Å². The number of hydrogen-bond acceptors (Lipinski definition) is 2. The van der Waals surface area contributed by atoms with Crippen LogP contribution in [0.25, 0.3) is 22.3 Å². The summed E-state index contributed by atoms with van der Waals surface area (Å²) >= 11 is 0. The first-order valence-electron chi connectivity index (χ1n) is 13.7. The van der Waals surface area contributed by atoms with Crippen molar-refractivity contribution in [2.75, 3.05) is 12.0 Å². The lowest BCUT2D eigenvalue weighted by Gasteiger charge is -2.50. The Labute approximate surface area is 220 Å². The molecule has 0 radical (unpaired) electrons. The van der Waals surface area contributed by atoms with Gasteiger partial charge in [0, 0.05) is 29.5 Å². The Morgan fingerprint density at radius 3 is 2.08 bits per heavy atom. The summed E-state index contributed by atoms with van der Waals surface area (Å²) in [6.07, 6.45) is 4.59. The zero-order valence-corrected chi connectivity index (χ0v) is 22.3. The van der Waals surface area contributed by atoms with Crippen LogP contribution in [0.2, 0.25) is 0 Å².